The van der Waals surface area contributed by atoms with Gasteiger partial charge in [-0.3, -0.25) is 4.79 Å². The van der Waals surface area contributed by atoms with Gasteiger partial charge in [0.15, 0.2) is 0 Å². The number of anilines is 1. The van der Waals surface area contributed by atoms with Crippen molar-refractivity contribution in [3.8, 4) is 0 Å². The number of nitrogens with zero attached hydrogens (tertiary/aromatic N) is 1. The summed E-state index contributed by atoms with van der Waals surface area (Å²) in [4.78, 5) is 14.6. The Hall–Kier alpha value is -0.970. The van der Waals surface area contributed by atoms with E-state index in [0.29, 0.717) is 12.5 Å². The topological polar surface area (TPSA) is 58.4 Å². The highest BCUT2D eigenvalue weighted by Crippen LogP contribution is 2.29. The van der Waals surface area contributed by atoms with Crippen LogP contribution in [0.15, 0.2) is 24.3 Å². The lowest BCUT2D eigenvalue weighted by atomic mass is 10.0. The second-order valence-corrected chi connectivity index (χ2v) is 6.31. The number of piperidine rings is 1. The molecule has 0 radical (unpaired) electrons. The summed E-state index contributed by atoms with van der Waals surface area (Å²) in [6, 6.07) is 8.99. The first kappa shape index (κ1) is 20.1. The average molecular weight is 360 g/mol. The molecule has 2 fully saturated rings. The SMILES string of the molecule is Cl.Cl.Nc1ccccc1CCC(=O)NC1CCN(C2CC2)CC1. The lowest BCUT2D eigenvalue weighted by Gasteiger charge is -2.32. The summed E-state index contributed by atoms with van der Waals surface area (Å²) in [5.41, 5.74) is 7.75. The fourth-order valence-electron chi connectivity index (χ4n) is 3.16. The number of likely N-dealkylation sites (tertiary alicyclic amines) is 1. The smallest absolute Gasteiger partial charge is 0.220 e. The molecular formula is C17H27Cl2N3O. The summed E-state index contributed by atoms with van der Waals surface area (Å²) in [5.74, 6) is 0.156. The largest absolute Gasteiger partial charge is 0.399 e. The predicted molar refractivity (Wildman–Crippen MR) is 99.4 cm³/mol. The molecule has 130 valence electrons. The molecule has 4 nitrogen and oxygen atoms in total. The summed E-state index contributed by atoms with van der Waals surface area (Å²) < 4.78 is 0. The van der Waals surface area contributed by atoms with Gasteiger partial charge < -0.3 is 16.0 Å². The van der Waals surface area contributed by atoms with Gasteiger partial charge in [0.1, 0.15) is 0 Å². The molecular weight excluding hydrogens is 333 g/mol. The van der Waals surface area contributed by atoms with Crippen molar-refractivity contribution in [2.45, 2.75) is 50.6 Å². The van der Waals surface area contributed by atoms with Crippen molar-refractivity contribution in [2.75, 3.05) is 18.8 Å². The highest BCUT2D eigenvalue weighted by Gasteiger charge is 2.31. The molecule has 0 spiro atoms. The Balaban J connectivity index is 0.00000132. The Morgan fingerprint density at radius 3 is 2.39 bits per heavy atom. The van der Waals surface area contributed by atoms with Crippen molar-refractivity contribution < 1.29 is 4.79 Å². The number of carbonyl (C=O) groups excluding carboxylic acids is 1. The molecule has 1 aromatic rings. The summed E-state index contributed by atoms with van der Waals surface area (Å²) in [7, 11) is 0. The van der Waals surface area contributed by atoms with Crippen LogP contribution in [-0.4, -0.2) is 36.0 Å². The molecule has 0 aromatic heterocycles. The van der Waals surface area contributed by atoms with Crippen LogP contribution in [0.25, 0.3) is 0 Å². The monoisotopic (exact) mass is 359 g/mol. The summed E-state index contributed by atoms with van der Waals surface area (Å²) in [6.45, 7) is 2.28. The molecule has 0 bridgehead atoms. The van der Waals surface area contributed by atoms with Crippen LogP contribution in [0.4, 0.5) is 5.69 Å². The Bertz CT molecular complexity index is 500. The van der Waals surface area contributed by atoms with E-state index in [1.54, 1.807) is 0 Å². The molecule has 1 aliphatic heterocycles. The Kier molecular flexibility index (Phi) is 8.17. The van der Waals surface area contributed by atoms with E-state index in [1.807, 2.05) is 24.3 Å². The predicted octanol–water partition coefficient (Wildman–Crippen LogP) is 2.79. The van der Waals surface area contributed by atoms with Crippen LogP contribution in [0.3, 0.4) is 0 Å². The number of hydrogen-bond donors (Lipinski definition) is 2. The maximum absolute atomic E-state index is 12.1. The number of para-hydroxylation sites is 1. The normalized spacial score (nSPS) is 18.6. The average Bonchev–Trinajstić information content (AvgIpc) is 3.32. The number of nitrogens with two attached hydrogens (primary N) is 1. The van der Waals surface area contributed by atoms with Crippen LogP contribution in [0.5, 0.6) is 0 Å². The van der Waals surface area contributed by atoms with Crippen molar-refractivity contribution in [1.29, 1.82) is 0 Å². The highest BCUT2D eigenvalue weighted by atomic mass is 35.5. The number of nitrogen functional groups attached to an aromatic ring is 1. The molecule has 1 saturated heterocycles. The molecule has 2 aliphatic rings. The van der Waals surface area contributed by atoms with Crippen LogP contribution in [0.1, 0.15) is 37.7 Å². The van der Waals surface area contributed by atoms with E-state index >= 15 is 0 Å². The standard InChI is InChI=1S/C17H25N3O.2ClH/c18-16-4-2-1-3-13(16)5-8-17(21)19-14-9-11-20(12-10-14)15-6-7-15;;/h1-4,14-15H,5-12,18H2,(H,19,21);2*1H. The summed E-state index contributed by atoms with van der Waals surface area (Å²) in [5, 5.41) is 3.18. The van der Waals surface area contributed by atoms with Crippen LogP contribution < -0.4 is 11.1 Å². The summed E-state index contributed by atoms with van der Waals surface area (Å²) in [6.07, 6.45) is 6.17. The van der Waals surface area contributed by atoms with Gasteiger partial charge in [0.25, 0.3) is 0 Å². The molecule has 3 N–H and O–H groups in total. The first-order valence-electron chi connectivity index (χ1n) is 8.09. The first-order chi connectivity index (χ1) is 10.2. The van der Waals surface area contributed by atoms with Crippen LogP contribution in [-0.2, 0) is 11.2 Å². The van der Waals surface area contributed by atoms with E-state index in [1.165, 1.54) is 12.8 Å². The third-order valence-corrected chi connectivity index (χ3v) is 4.63. The van der Waals surface area contributed by atoms with Crippen LogP contribution >= 0.6 is 24.8 Å². The number of rotatable bonds is 5. The maximum atomic E-state index is 12.1. The minimum absolute atomic E-state index is 0. The molecule has 0 unspecified atom stereocenters. The molecule has 1 saturated carbocycles. The number of amides is 1. The lowest BCUT2D eigenvalue weighted by Crippen LogP contribution is -2.45. The van der Waals surface area contributed by atoms with Crippen molar-refractivity contribution in [2.24, 2.45) is 0 Å². The van der Waals surface area contributed by atoms with E-state index in [9.17, 15) is 4.79 Å². The van der Waals surface area contributed by atoms with E-state index in [4.69, 9.17) is 5.73 Å². The minimum atomic E-state index is 0. The van der Waals surface area contributed by atoms with Gasteiger partial charge in [-0.2, -0.15) is 0 Å². The minimum Gasteiger partial charge on any atom is -0.399 e. The fourth-order valence-corrected chi connectivity index (χ4v) is 3.16. The number of hydrogen-bond acceptors (Lipinski definition) is 3. The summed E-state index contributed by atoms with van der Waals surface area (Å²) >= 11 is 0. The van der Waals surface area contributed by atoms with Gasteiger partial charge in [0.05, 0.1) is 0 Å². The number of benzene rings is 1. The Labute approximate surface area is 151 Å². The fraction of sp³-hybridized carbons (Fsp3) is 0.588. The molecule has 23 heavy (non-hydrogen) atoms. The maximum Gasteiger partial charge on any atom is 0.220 e. The van der Waals surface area contributed by atoms with E-state index in [0.717, 1.165) is 49.6 Å². The van der Waals surface area contributed by atoms with Gasteiger partial charge in [-0.05, 0) is 43.7 Å². The van der Waals surface area contributed by atoms with Gasteiger partial charge >= 0.3 is 0 Å². The third kappa shape index (κ3) is 5.87. The van der Waals surface area contributed by atoms with Gasteiger partial charge in [0, 0.05) is 37.3 Å². The van der Waals surface area contributed by atoms with Gasteiger partial charge in [-0.1, -0.05) is 18.2 Å². The second kappa shape index (κ2) is 9.36. The number of carbonyl (C=O) groups is 1. The molecule has 1 amide bonds. The highest BCUT2D eigenvalue weighted by molar-refractivity contribution is 5.85. The number of aryl methyl sites for hydroxylation is 1. The second-order valence-electron chi connectivity index (χ2n) is 6.31. The van der Waals surface area contributed by atoms with Gasteiger partial charge in [-0.15, -0.1) is 24.8 Å². The molecule has 3 rings (SSSR count). The van der Waals surface area contributed by atoms with E-state index in [-0.39, 0.29) is 30.7 Å². The van der Waals surface area contributed by atoms with E-state index < -0.39 is 0 Å². The van der Waals surface area contributed by atoms with Crippen LogP contribution in [0.2, 0.25) is 0 Å². The zero-order chi connectivity index (χ0) is 14.7. The van der Waals surface area contributed by atoms with Crippen molar-refractivity contribution in [1.82, 2.24) is 10.2 Å². The number of nitrogens with one attached hydrogen (secondary N) is 1. The van der Waals surface area contributed by atoms with Gasteiger partial charge in [0.2, 0.25) is 5.91 Å². The number of halogens is 2. The Morgan fingerprint density at radius 2 is 1.78 bits per heavy atom. The van der Waals surface area contributed by atoms with Crippen LogP contribution in [0, 0.1) is 0 Å². The van der Waals surface area contributed by atoms with Crippen molar-refractivity contribution in [3.63, 3.8) is 0 Å². The van der Waals surface area contributed by atoms with E-state index in [2.05, 4.69) is 10.2 Å². The Morgan fingerprint density at radius 1 is 1.13 bits per heavy atom. The first-order valence-corrected chi connectivity index (χ1v) is 8.09. The molecule has 1 heterocycles. The zero-order valence-electron chi connectivity index (χ0n) is 13.4. The van der Waals surface area contributed by atoms with Crippen molar-refractivity contribution >= 4 is 36.4 Å². The van der Waals surface area contributed by atoms with Crippen molar-refractivity contribution in [3.05, 3.63) is 29.8 Å². The molecule has 6 heteroatoms. The third-order valence-electron chi connectivity index (χ3n) is 4.63. The molecule has 0 atom stereocenters. The molecule has 1 aliphatic carbocycles. The van der Waals surface area contributed by atoms with Gasteiger partial charge in [-0.25, -0.2) is 0 Å². The molecule has 1 aromatic carbocycles. The quantitative estimate of drug-likeness (QED) is 0.794. The zero-order valence-corrected chi connectivity index (χ0v) is 15.0. The lowest BCUT2D eigenvalue weighted by molar-refractivity contribution is -0.122.